The molecule has 0 aromatic carbocycles. The molecular weight excluding hydrogens is 150 g/mol. The smallest absolute Gasteiger partial charge is 0.143 e. The molecule has 0 unspecified atom stereocenters. The molecule has 2 heteroatoms. The Morgan fingerprint density at radius 1 is 1.42 bits per heavy atom. The highest BCUT2D eigenvalue weighted by molar-refractivity contribution is 5.38. The largest absolute Gasteiger partial charge is 0.495 e. The number of nitrogens with zero attached hydrogens (tertiary/aromatic N) is 1. The molecule has 1 heterocycles. The molecular formula is C10H15NO. The van der Waals surface area contributed by atoms with E-state index in [1.54, 1.807) is 7.11 Å². The molecule has 0 aliphatic rings. The van der Waals surface area contributed by atoms with Crippen molar-refractivity contribution < 1.29 is 4.74 Å². The Balaban J connectivity index is 3.18. The molecule has 0 aliphatic heterocycles. The van der Waals surface area contributed by atoms with Crippen LogP contribution >= 0.6 is 0 Å². The van der Waals surface area contributed by atoms with Gasteiger partial charge in [0, 0.05) is 11.8 Å². The van der Waals surface area contributed by atoms with Crippen molar-refractivity contribution in [3.8, 4) is 5.75 Å². The van der Waals surface area contributed by atoms with Crippen molar-refractivity contribution >= 4 is 0 Å². The minimum atomic E-state index is 0.488. The van der Waals surface area contributed by atoms with Crippen molar-refractivity contribution in [3.05, 3.63) is 23.5 Å². The van der Waals surface area contributed by atoms with Gasteiger partial charge >= 0.3 is 0 Å². The van der Waals surface area contributed by atoms with Crippen LogP contribution in [-0.4, -0.2) is 12.1 Å². The molecule has 0 aliphatic carbocycles. The van der Waals surface area contributed by atoms with E-state index >= 15 is 0 Å². The zero-order valence-corrected chi connectivity index (χ0v) is 8.09. The van der Waals surface area contributed by atoms with Gasteiger partial charge in [-0.1, -0.05) is 13.8 Å². The third kappa shape index (κ3) is 1.58. The van der Waals surface area contributed by atoms with Crippen LogP contribution in [0.2, 0.25) is 0 Å². The summed E-state index contributed by atoms with van der Waals surface area (Å²) in [7, 11) is 1.69. The van der Waals surface area contributed by atoms with Gasteiger partial charge in [0.1, 0.15) is 5.75 Å². The first-order valence-electron chi connectivity index (χ1n) is 4.16. The molecule has 0 fully saturated rings. The van der Waals surface area contributed by atoms with Crippen LogP contribution in [0.3, 0.4) is 0 Å². The van der Waals surface area contributed by atoms with E-state index in [9.17, 15) is 0 Å². The Hall–Kier alpha value is -1.05. The van der Waals surface area contributed by atoms with Crippen LogP contribution in [0.4, 0.5) is 0 Å². The van der Waals surface area contributed by atoms with Gasteiger partial charge in [0.05, 0.1) is 12.8 Å². The lowest BCUT2D eigenvalue weighted by Gasteiger charge is -2.12. The predicted molar refractivity (Wildman–Crippen MR) is 49.6 cm³/mol. The van der Waals surface area contributed by atoms with Crippen molar-refractivity contribution in [3.63, 3.8) is 0 Å². The van der Waals surface area contributed by atoms with Crippen LogP contribution < -0.4 is 4.74 Å². The van der Waals surface area contributed by atoms with E-state index < -0.39 is 0 Å². The van der Waals surface area contributed by atoms with Gasteiger partial charge in [-0.05, 0) is 18.9 Å². The van der Waals surface area contributed by atoms with Crippen LogP contribution in [0.15, 0.2) is 12.3 Å². The van der Waals surface area contributed by atoms with E-state index in [0.717, 1.165) is 11.4 Å². The summed E-state index contributed by atoms with van der Waals surface area (Å²) in [6.07, 6.45) is 1.83. The molecule has 0 N–H and O–H groups in total. The van der Waals surface area contributed by atoms with Gasteiger partial charge in [-0.25, -0.2) is 0 Å². The lowest BCUT2D eigenvalue weighted by molar-refractivity contribution is 0.402. The molecule has 1 aromatic heterocycles. The summed E-state index contributed by atoms with van der Waals surface area (Å²) in [6.45, 7) is 6.26. The van der Waals surface area contributed by atoms with E-state index in [-0.39, 0.29) is 0 Å². The zero-order chi connectivity index (χ0) is 9.14. The molecule has 0 saturated heterocycles. The minimum Gasteiger partial charge on any atom is -0.495 e. The molecule has 0 amide bonds. The van der Waals surface area contributed by atoms with Crippen molar-refractivity contribution in [2.45, 2.75) is 26.7 Å². The highest BCUT2D eigenvalue weighted by Gasteiger charge is 2.09. The maximum Gasteiger partial charge on any atom is 0.143 e. The maximum atomic E-state index is 5.27. The summed E-state index contributed by atoms with van der Waals surface area (Å²) >= 11 is 0. The standard InChI is InChI=1S/C10H15NO/c1-7(2)9-5-6-11-8(3)10(9)12-4/h5-7H,1-4H3. The topological polar surface area (TPSA) is 22.1 Å². The molecule has 0 saturated carbocycles. The summed E-state index contributed by atoms with van der Waals surface area (Å²) in [6, 6.07) is 2.01. The summed E-state index contributed by atoms with van der Waals surface area (Å²) in [5.74, 6) is 1.41. The maximum absolute atomic E-state index is 5.27. The van der Waals surface area contributed by atoms with Crippen molar-refractivity contribution in [1.82, 2.24) is 4.98 Å². The Bertz CT molecular complexity index is 269. The fourth-order valence-corrected chi connectivity index (χ4v) is 1.29. The van der Waals surface area contributed by atoms with Crippen molar-refractivity contribution in [2.24, 2.45) is 0 Å². The van der Waals surface area contributed by atoms with Gasteiger partial charge in [0.2, 0.25) is 0 Å². The number of methoxy groups -OCH3 is 1. The fourth-order valence-electron chi connectivity index (χ4n) is 1.29. The molecule has 0 radical (unpaired) electrons. The number of aryl methyl sites for hydroxylation is 1. The van der Waals surface area contributed by atoms with Crippen molar-refractivity contribution in [1.29, 1.82) is 0 Å². The molecule has 2 nitrogen and oxygen atoms in total. The normalized spacial score (nSPS) is 10.4. The molecule has 12 heavy (non-hydrogen) atoms. The fraction of sp³-hybridized carbons (Fsp3) is 0.500. The number of rotatable bonds is 2. The second-order valence-electron chi connectivity index (χ2n) is 3.17. The van der Waals surface area contributed by atoms with E-state index in [2.05, 4.69) is 18.8 Å². The summed E-state index contributed by atoms with van der Waals surface area (Å²) in [4.78, 5) is 4.17. The summed E-state index contributed by atoms with van der Waals surface area (Å²) < 4.78 is 5.27. The molecule has 1 rings (SSSR count). The van der Waals surface area contributed by atoms with E-state index in [4.69, 9.17) is 4.74 Å². The Labute approximate surface area is 73.6 Å². The van der Waals surface area contributed by atoms with E-state index in [1.165, 1.54) is 5.56 Å². The van der Waals surface area contributed by atoms with E-state index in [0.29, 0.717) is 5.92 Å². The van der Waals surface area contributed by atoms with E-state index in [1.807, 2.05) is 19.2 Å². The van der Waals surface area contributed by atoms with Gasteiger partial charge in [0.25, 0.3) is 0 Å². The Morgan fingerprint density at radius 2 is 2.08 bits per heavy atom. The van der Waals surface area contributed by atoms with Gasteiger partial charge in [-0.3, -0.25) is 4.98 Å². The zero-order valence-electron chi connectivity index (χ0n) is 8.09. The molecule has 0 spiro atoms. The van der Waals surface area contributed by atoms with Gasteiger partial charge in [-0.2, -0.15) is 0 Å². The van der Waals surface area contributed by atoms with Crippen LogP contribution in [-0.2, 0) is 0 Å². The lowest BCUT2D eigenvalue weighted by atomic mass is 10.0. The number of aromatic nitrogens is 1. The van der Waals surface area contributed by atoms with Crippen molar-refractivity contribution in [2.75, 3.05) is 7.11 Å². The number of hydrogen-bond donors (Lipinski definition) is 0. The first kappa shape index (κ1) is 9.04. The average molecular weight is 165 g/mol. The molecule has 0 bridgehead atoms. The highest BCUT2D eigenvalue weighted by atomic mass is 16.5. The quantitative estimate of drug-likeness (QED) is 0.671. The first-order chi connectivity index (χ1) is 5.66. The van der Waals surface area contributed by atoms with Crippen LogP contribution in [0.5, 0.6) is 5.75 Å². The number of ether oxygens (including phenoxy) is 1. The van der Waals surface area contributed by atoms with Gasteiger partial charge in [-0.15, -0.1) is 0 Å². The predicted octanol–water partition coefficient (Wildman–Crippen LogP) is 2.52. The summed E-state index contributed by atoms with van der Waals surface area (Å²) in [5.41, 5.74) is 2.19. The number of pyridine rings is 1. The van der Waals surface area contributed by atoms with Crippen LogP contribution in [0, 0.1) is 6.92 Å². The van der Waals surface area contributed by atoms with Gasteiger partial charge < -0.3 is 4.74 Å². The highest BCUT2D eigenvalue weighted by Crippen LogP contribution is 2.27. The first-order valence-corrected chi connectivity index (χ1v) is 4.16. The second-order valence-corrected chi connectivity index (χ2v) is 3.17. The molecule has 1 aromatic rings. The second kappa shape index (κ2) is 3.57. The monoisotopic (exact) mass is 165 g/mol. The minimum absolute atomic E-state index is 0.488. The van der Waals surface area contributed by atoms with Crippen LogP contribution in [0.1, 0.15) is 31.0 Å². The third-order valence-electron chi connectivity index (χ3n) is 1.94. The Morgan fingerprint density at radius 3 is 2.50 bits per heavy atom. The SMILES string of the molecule is COc1c(C(C)C)ccnc1C. The molecule has 0 atom stereocenters. The number of hydrogen-bond acceptors (Lipinski definition) is 2. The Kier molecular flexibility index (Phi) is 2.69. The van der Waals surface area contributed by atoms with Crippen LogP contribution in [0.25, 0.3) is 0 Å². The average Bonchev–Trinajstić information content (AvgIpc) is 2.03. The lowest BCUT2D eigenvalue weighted by Crippen LogP contribution is -1.97. The third-order valence-corrected chi connectivity index (χ3v) is 1.94. The molecule has 66 valence electrons. The van der Waals surface area contributed by atoms with Gasteiger partial charge in [0.15, 0.2) is 0 Å². The summed E-state index contributed by atoms with van der Waals surface area (Å²) in [5, 5.41) is 0.